The standard InChI is InChI=1S/C21H20FNO4/c1-25-21(24)18-10-16(22)8-15-9-19(27-20(15)18)14-4-2-13(3-5-14)11-23-17-6-7-26-12-17/h2-5,8-10,17,23H,6-7,11-12H2,1H3. The van der Waals surface area contributed by atoms with Crippen molar-refractivity contribution in [3.8, 4) is 11.3 Å². The first-order valence-electron chi connectivity index (χ1n) is 8.86. The minimum absolute atomic E-state index is 0.0818. The Labute approximate surface area is 156 Å². The summed E-state index contributed by atoms with van der Waals surface area (Å²) >= 11 is 0. The maximum absolute atomic E-state index is 13.8. The third-order valence-electron chi connectivity index (χ3n) is 4.75. The van der Waals surface area contributed by atoms with E-state index in [9.17, 15) is 9.18 Å². The maximum atomic E-state index is 13.8. The van der Waals surface area contributed by atoms with Gasteiger partial charge in [-0.05, 0) is 30.2 Å². The lowest BCUT2D eigenvalue weighted by atomic mass is 10.1. The predicted molar refractivity (Wildman–Crippen MR) is 99.0 cm³/mol. The molecule has 1 saturated heterocycles. The van der Waals surface area contributed by atoms with Crippen molar-refractivity contribution in [2.45, 2.75) is 19.0 Å². The van der Waals surface area contributed by atoms with Crippen molar-refractivity contribution in [1.82, 2.24) is 5.32 Å². The average molecular weight is 369 g/mol. The highest BCUT2D eigenvalue weighted by Crippen LogP contribution is 2.31. The molecule has 1 aliphatic heterocycles. The second-order valence-corrected chi connectivity index (χ2v) is 6.61. The van der Waals surface area contributed by atoms with Crippen molar-refractivity contribution in [1.29, 1.82) is 0 Å². The third-order valence-corrected chi connectivity index (χ3v) is 4.75. The number of hydrogen-bond donors (Lipinski definition) is 1. The fraction of sp³-hybridized carbons (Fsp3) is 0.286. The number of hydrogen-bond acceptors (Lipinski definition) is 5. The molecule has 140 valence electrons. The van der Waals surface area contributed by atoms with Crippen LogP contribution in [0.25, 0.3) is 22.3 Å². The van der Waals surface area contributed by atoms with E-state index in [1.165, 1.54) is 13.2 Å². The Hall–Kier alpha value is -2.70. The Morgan fingerprint density at radius 1 is 1.26 bits per heavy atom. The van der Waals surface area contributed by atoms with Gasteiger partial charge in [0.2, 0.25) is 0 Å². The molecule has 0 saturated carbocycles. The van der Waals surface area contributed by atoms with Crippen molar-refractivity contribution in [2.24, 2.45) is 0 Å². The van der Waals surface area contributed by atoms with Gasteiger partial charge in [0.15, 0.2) is 0 Å². The van der Waals surface area contributed by atoms with Crippen LogP contribution in [0.5, 0.6) is 0 Å². The number of carbonyl (C=O) groups is 1. The molecular formula is C21H20FNO4. The van der Waals surface area contributed by atoms with Crippen LogP contribution < -0.4 is 5.32 Å². The zero-order valence-corrected chi connectivity index (χ0v) is 15.0. The van der Waals surface area contributed by atoms with Crippen LogP contribution in [0.3, 0.4) is 0 Å². The van der Waals surface area contributed by atoms with Gasteiger partial charge in [-0.2, -0.15) is 0 Å². The van der Waals surface area contributed by atoms with E-state index in [0.29, 0.717) is 22.8 Å². The molecule has 3 aromatic rings. The number of rotatable bonds is 5. The van der Waals surface area contributed by atoms with Crippen molar-refractivity contribution in [2.75, 3.05) is 20.3 Å². The number of esters is 1. The second kappa shape index (κ2) is 7.50. The van der Waals surface area contributed by atoms with Gasteiger partial charge in [-0.25, -0.2) is 9.18 Å². The molecule has 5 nitrogen and oxygen atoms in total. The van der Waals surface area contributed by atoms with Gasteiger partial charge in [0.25, 0.3) is 0 Å². The number of methoxy groups -OCH3 is 1. The number of benzene rings is 2. The zero-order valence-electron chi connectivity index (χ0n) is 15.0. The molecule has 1 aromatic heterocycles. The number of carbonyl (C=O) groups excluding carboxylic acids is 1. The molecule has 0 radical (unpaired) electrons. The lowest BCUT2D eigenvalue weighted by Crippen LogP contribution is -2.28. The van der Waals surface area contributed by atoms with Crippen LogP contribution in [-0.4, -0.2) is 32.3 Å². The Kier molecular flexibility index (Phi) is 4.92. The van der Waals surface area contributed by atoms with Crippen LogP contribution in [0, 0.1) is 5.82 Å². The van der Waals surface area contributed by atoms with Gasteiger partial charge >= 0.3 is 5.97 Å². The number of ether oxygens (including phenoxy) is 2. The predicted octanol–water partition coefficient (Wildman–Crippen LogP) is 3.90. The number of nitrogens with one attached hydrogen (secondary N) is 1. The average Bonchev–Trinajstić information content (AvgIpc) is 3.35. The summed E-state index contributed by atoms with van der Waals surface area (Å²) in [6.07, 6.45) is 1.04. The molecule has 27 heavy (non-hydrogen) atoms. The van der Waals surface area contributed by atoms with Crippen LogP contribution in [-0.2, 0) is 16.0 Å². The molecule has 0 bridgehead atoms. The van der Waals surface area contributed by atoms with Crippen LogP contribution in [0.15, 0.2) is 46.9 Å². The summed E-state index contributed by atoms with van der Waals surface area (Å²) in [5.41, 5.74) is 2.42. The van der Waals surface area contributed by atoms with Gasteiger partial charge in [-0.1, -0.05) is 24.3 Å². The zero-order chi connectivity index (χ0) is 18.8. The minimum atomic E-state index is -0.627. The summed E-state index contributed by atoms with van der Waals surface area (Å²) in [7, 11) is 1.26. The summed E-state index contributed by atoms with van der Waals surface area (Å²) in [6.45, 7) is 2.35. The first-order chi connectivity index (χ1) is 13.1. The molecule has 0 spiro atoms. The number of fused-ring (bicyclic) bond motifs is 1. The monoisotopic (exact) mass is 369 g/mol. The lowest BCUT2D eigenvalue weighted by molar-refractivity contribution is 0.0601. The highest BCUT2D eigenvalue weighted by Gasteiger charge is 2.18. The van der Waals surface area contributed by atoms with Crippen molar-refractivity contribution in [3.05, 3.63) is 59.4 Å². The van der Waals surface area contributed by atoms with E-state index >= 15 is 0 Å². The van der Waals surface area contributed by atoms with E-state index in [1.54, 1.807) is 6.07 Å². The van der Waals surface area contributed by atoms with Crippen LogP contribution in [0.4, 0.5) is 4.39 Å². The van der Waals surface area contributed by atoms with Gasteiger partial charge in [-0.3, -0.25) is 0 Å². The normalized spacial score (nSPS) is 16.7. The molecule has 2 aromatic carbocycles. The van der Waals surface area contributed by atoms with Gasteiger partial charge < -0.3 is 19.2 Å². The molecular weight excluding hydrogens is 349 g/mol. The van der Waals surface area contributed by atoms with Crippen LogP contribution >= 0.6 is 0 Å². The quantitative estimate of drug-likeness (QED) is 0.691. The van der Waals surface area contributed by atoms with E-state index in [0.717, 1.165) is 43.4 Å². The first kappa shape index (κ1) is 17.7. The first-order valence-corrected chi connectivity index (χ1v) is 8.86. The van der Waals surface area contributed by atoms with Gasteiger partial charge in [0, 0.05) is 30.1 Å². The fourth-order valence-electron chi connectivity index (χ4n) is 3.26. The Bertz CT molecular complexity index is 958. The molecule has 4 rings (SSSR count). The Morgan fingerprint density at radius 3 is 2.78 bits per heavy atom. The summed E-state index contributed by atoms with van der Waals surface area (Å²) < 4.78 is 29.7. The van der Waals surface area contributed by atoms with Crippen LogP contribution in [0.1, 0.15) is 22.3 Å². The summed E-state index contributed by atoms with van der Waals surface area (Å²) in [6, 6.07) is 12.6. The molecule has 6 heteroatoms. The largest absolute Gasteiger partial charge is 0.465 e. The number of furan rings is 1. The SMILES string of the molecule is COC(=O)c1cc(F)cc2cc(-c3ccc(CNC4CCOC4)cc3)oc12. The summed E-state index contributed by atoms with van der Waals surface area (Å²) in [5, 5.41) is 4.00. The molecule has 0 aliphatic carbocycles. The molecule has 1 aliphatic rings. The topological polar surface area (TPSA) is 60.7 Å². The molecule has 2 heterocycles. The molecule has 0 amide bonds. The highest BCUT2D eigenvalue weighted by atomic mass is 19.1. The molecule has 1 fully saturated rings. The summed E-state index contributed by atoms with van der Waals surface area (Å²) in [4.78, 5) is 11.9. The van der Waals surface area contributed by atoms with Gasteiger partial charge in [0.1, 0.15) is 22.7 Å². The molecule has 1 unspecified atom stereocenters. The Balaban J connectivity index is 1.57. The minimum Gasteiger partial charge on any atom is -0.465 e. The van der Waals surface area contributed by atoms with E-state index in [4.69, 9.17) is 13.9 Å². The van der Waals surface area contributed by atoms with E-state index in [1.807, 2.05) is 24.3 Å². The fourth-order valence-corrected chi connectivity index (χ4v) is 3.26. The lowest BCUT2D eigenvalue weighted by Gasteiger charge is -2.10. The summed E-state index contributed by atoms with van der Waals surface area (Å²) in [5.74, 6) is -0.560. The second-order valence-electron chi connectivity index (χ2n) is 6.61. The molecule has 1 atom stereocenters. The highest BCUT2D eigenvalue weighted by molar-refractivity contribution is 6.03. The van der Waals surface area contributed by atoms with Crippen molar-refractivity contribution >= 4 is 16.9 Å². The number of halogens is 1. The van der Waals surface area contributed by atoms with Crippen molar-refractivity contribution < 1.29 is 23.1 Å². The van der Waals surface area contributed by atoms with Crippen LogP contribution in [0.2, 0.25) is 0 Å². The smallest absolute Gasteiger partial charge is 0.341 e. The van der Waals surface area contributed by atoms with E-state index < -0.39 is 11.8 Å². The van der Waals surface area contributed by atoms with E-state index in [-0.39, 0.29) is 5.56 Å². The van der Waals surface area contributed by atoms with Crippen molar-refractivity contribution in [3.63, 3.8) is 0 Å². The molecule has 1 N–H and O–H groups in total. The Morgan fingerprint density at radius 2 is 2.07 bits per heavy atom. The maximum Gasteiger partial charge on any atom is 0.341 e. The van der Waals surface area contributed by atoms with Gasteiger partial charge in [-0.15, -0.1) is 0 Å². The van der Waals surface area contributed by atoms with E-state index in [2.05, 4.69) is 5.32 Å². The third kappa shape index (κ3) is 3.72. The van der Waals surface area contributed by atoms with Gasteiger partial charge in [0.05, 0.1) is 13.7 Å².